The van der Waals surface area contributed by atoms with Gasteiger partial charge >= 0.3 is 0 Å². The van der Waals surface area contributed by atoms with E-state index < -0.39 is 0 Å². The van der Waals surface area contributed by atoms with Crippen LogP contribution in [0.1, 0.15) is 51.9 Å². The normalized spacial score (nSPS) is 25.3. The fourth-order valence-electron chi connectivity index (χ4n) is 4.36. The summed E-state index contributed by atoms with van der Waals surface area (Å²) in [7, 11) is 1.83. The van der Waals surface area contributed by atoms with Crippen molar-refractivity contribution in [1.29, 1.82) is 0 Å². The summed E-state index contributed by atoms with van der Waals surface area (Å²) < 4.78 is 0. The fraction of sp³-hybridized carbons (Fsp3) is 0.900. The number of carbonyl (C=O) groups is 1. The number of nitrogens with zero attached hydrogens (tertiary/aromatic N) is 3. The van der Waals surface area contributed by atoms with Gasteiger partial charge in [0, 0.05) is 39.3 Å². The molecule has 0 bridgehead atoms. The van der Waals surface area contributed by atoms with Crippen LogP contribution in [0, 0.1) is 5.92 Å². The zero-order valence-electron chi connectivity index (χ0n) is 17.4. The van der Waals surface area contributed by atoms with Gasteiger partial charge in [-0.1, -0.05) is 13.3 Å². The Balaban J connectivity index is 1.58. The predicted octanol–water partition coefficient (Wildman–Crippen LogP) is 1.00. The van der Waals surface area contributed by atoms with Gasteiger partial charge in [-0.2, -0.15) is 0 Å². The molecule has 2 heterocycles. The Morgan fingerprint density at radius 3 is 2.67 bits per heavy atom. The van der Waals surface area contributed by atoms with Crippen molar-refractivity contribution < 1.29 is 4.79 Å². The third-order valence-corrected chi connectivity index (χ3v) is 5.99. The van der Waals surface area contributed by atoms with Crippen molar-refractivity contribution in [1.82, 2.24) is 20.4 Å². The quantitative estimate of drug-likeness (QED) is 0.316. The van der Waals surface area contributed by atoms with Crippen LogP contribution in [-0.4, -0.2) is 80.6 Å². The summed E-state index contributed by atoms with van der Waals surface area (Å²) in [6, 6.07) is 0.754. The molecule has 156 valence electrons. The smallest absolute Gasteiger partial charge is 0.221 e. The highest BCUT2D eigenvalue weighted by Gasteiger charge is 2.23. The van der Waals surface area contributed by atoms with Crippen molar-refractivity contribution in [3.63, 3.8) is 0 Å². The van der Waals surface area contributed by atoms with E-state index >= 15 is 0 Å². The van der Waals surface area contributed by atoms with E-state index in [0.717, 1.165) is 70.5 Å². The van der Waals surface area contributed by atoms with Gasteiger partial charge in [0.2, 0.25) is 5.91 Å². The topological polar surface area (TPSA) is 86.0 Å². The zero-order chi connectivity index (χ0) is 19.5. The molecule has 0 aliphatic carbocycles. The number of aliphatic imine (C=N–C) groups is 1. The Morgan fingerprint density at radius 1 is 1.11 bits per heavy atom. The largest absolute Gasteiger partial charge is 0.369 e. The van der Waals surface area contributed by atoms with E-state index in [0.29, 0.717) is 0 Å². The first kappa shape index (κ1) is 22.0. The lowest BCUT2D eigenvalue weighted by Gasteiger charge is -2.35. The monoisotopic (exact) mass is 380 g/mol. The summed E-state index contributed by atoms with van der Waals surface area (Å²) in [4.78, 5) is 20.7. The minimum atomic E-state index is -0.151. The SMILES string of the molecule is CCC1CCCCN1CCNC(=NC)NCCCN1CCCC(C(N)=O)C1. The Kier molecular flexibility index (Phi) is 9.91. The number of guanidine groups is 1. The van der Waals surface area contributed by atoms with Crippen LogP contribution in [0.4, 0.5) is 0 Å². The maximum absolute atomic E-state index is 11.4. The van der Waals surface area contributed by atoms with Crippen molar-refractivity contribution >= 4 is 11.9 Å². The van der Waals surface area contributed by atoms with E-state index in [1.165, 1.54) is 32.2 Å². The first-order chi connectivity index (χ1) is 13.1. The number of carbonyl (C=O) groups excluding carboxylic acids is 1. The van der Waals surface area contributed by atoms with Crippen LogP contribution in [0.15, 0.2) is 4.99 Å². The minimum Gasteiger partial charge on any atom is -0.369 e. The Hall–Kier alpha value is -1.34. The van der Waals surface area contributed by atoms with Crippen molar-refractivity contribution in [3.8, 4) is 0 Å². The average Bonchev–Trinajstić information content (AvgIpc) is 2.70. The molecule has 0 aromatic carbocycles. The summed E-state index contributed by atoms with van der Waals surface area (Å²) in [5, 5.41) is 6.85. The summed E-state index contributed by atoms with van der Waals surface area (Å²) in [6.07, 6.45) is 8.35. The number of hydrogen-bond acceptors (Lipinski definition) is 4. The number of hydrogen-bond donors (Lipinski definition) is 3. The molecule has 2 unspecified atom stereocenters. The van der Waals surface area contributed by atoms with E-state index in [-0.39, 0.29) is 11.8 Å². The fourth-order valence-corrected chi connectivity index (χ4v) is 4.36. The Labute approximate surface area is 165 Å². The highest BCUT2D eigenvalue weighted by atomic mass is 16.1. The van der Waals surface area contributed by atoms with Gasteiger partial charge in [0.1, 0.15) is 0 Å². The van der Waals surface area contributed by atoms with Gasteiger partial charge in [0.25, 0.3) is 0 Å². The maximum atomic E-state index is 11.4. The first-order valence-electron chi connectivity index (χ1n) is 10.8. The molecule has 0 radical (unpaired) electrons. The molecule has 2 atom stereocenters. The van der Waals surface area contributed by atoms with Gasteiger partial charge in [-0.3, -0.25) is 14.7 Å². The minimum absolute atomic E-state index is 0.0304. The van der Waals surface area contributed by atoms with Crippen LogP contribution in [-0.2, 0) is 4.79 Å². The molecule has 2 fully saturated rings. The molecule has 2 aliphatic heterocycles. The number of likely N-dealkylation sites (tertiary alicyclic amines) is 2. The molecule has 1 amide bonds. The lowest BCUT2D eigenvalue weighted by Crippen LogP contribution is -2.46. The van der Waals surface area contributed by atoms with Gasteiger partial charge in [-0.15, -0.1) is 0 Å². The number of nitrogens with two attached hydrogens (primary N) is 1. The molecule has 2 aliphatic rings. The Morgan fingerprint density at radius 2 is 1.93 bits per heavy atom. The molecular formula is C20H40N6O. The number of amides is 1. The molecule has 0 saturated carbocycles. The van der Waals surface area contributed by atoms with Gasteiger partial charge in [0.15, 0.2) is 5.96 Å². The number of primary amides is 1. The van der Waals surface area contributed by atoms with Crippen LogP contribution in [0.25, 0.3) is 0 Å². The molecule has 4 N–H and O–H groups in total. The third-order valence-electron chi connectivity index (χ3n) is 5.99. The van der Waals surface area contributed by atoms with Crippen molar-refractivity contribution in [2.45, 2.75) is 57.9 Å². The number of piperidine rings is 2. The second kappa shape index (κ2) is 12.2. The summed E-state index contributed by atoms with van der Waals surface area (Å²) in [5.41, 5.74) is 5.45. The van der Waals surface area contributed by atoms with Gasteiger partial charge in [-0.25, -0.2) is 0 Å². The van der Waals surface area contributed by atoms with Gasteiger partial charge < -0.3 is 21.3 Å². The van der Waals surface area contributed by atoms with Crippen molar-refractivity contribution in [3.05, 3.63) is 0 Å². The molecule has 2 saturated heterocycles. The van der Waals surface area contributed by atoms with Gasteiger partial charge in [0.05, 0.1) is 5.92 Å². The second-order valence-electron chi connectivity index (χ2n) is 7.92. The summed E-state index contributed by atoms with van der Waals surface area (Å²) in [5.74, 6) is 0.762. The molecule has 27 heavy (non-hydrogen) atoms. The zero-order valence-corrected chi connectivity index (χ0v) is 17.4. The van der Waals surface area contributed by atoms with Crippen LogP contribution in [0.3, 0.4) is 0 Å². The van der Waals surface area contributed by atoms with Crippen LogP contribution >= 0.6 is 0 Å². The molecule has 7 nitrogen and oxygen atoms in total. The van der Waals surface area contributed by atoms with Crippen LogP contribution < -0.4 is 16.4 Å². The summed E-state index contributed by atoms with van der Waals surface area (Å²) >= 11 is 0. The molecule has 7 heteroatoms. The van der Waals surface area contributed by atoms with Crippen molar-refractivity contribution in [2.75, 3.05) is 52.9 Å². The average molecular weight is 381 g/mol. The van der Waals surface area contributed by atoms with E-state index in [4.69, 9.17) is 5.73 Å². The second-order valence-corrected chi connectivity index (χ2v) is 7.92. The van der Waals surface area contributed by atoms with E-state index in [1.807, 2.05) is 7.05 Å². The van der Waals surface area contributed by atoms with E-state index in [9.17, 15) is 4.79 Å². The first-order valence-corrected chi connectivity index (χ1v) is 10.8. The van der Waals surface area contributed by atoms with E-state index in [2.05, 4.69) is 32.3 Å². The van der Waals surface area contributed by atoms with Crippen molar-refractivity contribution in [2.24, 2.45) is 16.6 Å². The molecule has 0 aromatic rings. The highest BCUT2D eigenvalue weighted by molar-refractivity contribution is 5.79. The third kappa shape index (κ3) is 7.66. The lowest BCUT2D eigenvalue weighted by molar-refractivity contribution is -0.123. The molecular weight excluding hydrogens is 340 g/mol. The number of nitrogens with one attached hydrogen (secondary N) is 2. The van der Waals surface area contributed by atoms with Crippen LogP contribution in [0.5, 0.6) is 0 Å². The molecule has 2 rings (SSSR count). The van der Waals surface area contributed by atoms with Crippen LogP contribution in [0.2, 0.25) is 0 Å². The standard InChI is InChI=1S/C20H40N6O/c1-3-18-9-4-5-14-26(18)15-11-24-20(22-2)23-10-7-13-25-12-6-8-17(16-25)19(21)27/h17-18H,3-16H2,1-2H3,(H2,21,27)(H2,22,23,24). The van der Waals surface area contributed by atoms with E-state index in [1.54, 1.807) is 0 Å². The lowest BCUT2D eigenvalue weighted by atomic mass is 9.97. The summed E-state index contributed by atoms with van der Waals surface area (Å²) in [6.45, 7) is 9.32. The highest BCUT2D eigenvalue weighted by Crippen LogP contribution is 2.18. The predicted molar refractivity (Wildman–Crippen MR) is 112 cm³/mol. The molecule has 0 aromatic heterocycles. The Bertz CT molecular complexity index is 469. The molecule has 0 spiro atoms. The maximum Gasteiger partial charge on any atom is 0.221 e. The van der Waals surface area contributed by atoms with Gasteiger partial charge in [-0.05, 0) is 58.2 Å². The number of rotatable bonds is 9.